The first-order chi connectivity index (χ1) is 14.4. The Balaban J connectivity index is 1.50. The van der Waals surface area contributed by atoms with Crippen LogP contribution in [0.25, 0.3) is 27.8 Å². The van der Waals surface area contributed by atoms with Crippen LogP contribution in [0.1, 0.15) is 32.6 Å². The van der Waals surface area contributed by atoms with Crippen LogP contribution in [0.5, 0.6) is 5.88 Å². The van der Waals surface area contributed by atoms with Crippen molar-refractivity contribution in [2.75, 3.05) is 12.4 Å². The quantitative estimate of drug-likeness (QED) is 0.476. The van der Waals surface area contributed by atoms with E-state index in [1.807, 2.05) is 19.2 Å². The third-order valence-corrected chi connectivity index (χ3v) is 5.86. The number of halogens is 1. The molecule has 8 nitrogen and oxygen atoms in total. The first-order valence-electron chi connectivity index (χ1n) is 9.98. The fraction of sp³-hybridized carbons (Fsp3) is 0.381. The van der Waals surface area contributed by atoms with Crippen LogP contribution in [0.15, 0.2) is 30.7 Å². The minimum absolute atomic E-state index is 0.202. The summed E-state index contributed by atoms with van der Waals surface area (Å²) in [5.74, 6) is 0.496. The number of fused-ring (bicyclic) bond motifs is 2. The van der Waals surface area contributed by atoms with Gasteiger partial charge in [-0.25, -0.2) is 4.98 Å². The number of nitrogens with zero attached hydrogens (tertiary/aromatic N) is 4. The molecule has 1 saturated carbocycles. The van der Waals surface area contributed by atoms with Crippen molar-refractivity contribution in [2.24, 2.45) is 0 Å². The molecule has 0 atom stereocenters. The molecule has 4 heterocycles. The molecule has 0 bridgehead atoms. The Bertz CT molecular complexity index is 1220. The predicted octanol–water partition coefficient (Wildman–Crippen LogP) is 3.53. The lowest BCUT2D eigenvalue weighted by Crippen LogP contribution is -2.36. The molecule has 156 valence electrons. The third-order valence-electron chi connectivity index (χ3n) is 5.86. The highest BCUT2D eigenvalue weighted by Gasteiger charge is 2.29. The maximum absolute atomic E-state index is 14.0. The Labute approximate surface area is 172 Å². The highest BCUT2D eigenvalue weighted by molar-refractivity contribution is 5.97. The van der Waals surface area contributed by atoms with Gasteiger partial charge in [0.1, 0.15) is 11.3 Å². The van der Waals surface area contributed by atoms with E-state index in [-0.39, 0.29) is 6.04 Å². The van der Waals surface area contributed by atoms with Crippen LogP contribution in [-0.2, 0) is 0 Å². The first-order valence-corrected chi connectivity index (χ1v) is 9.98. The average molecular weight is 410 g/mol. The van der Waals surface area contributed by atoms with Crippen molar-refractivity contribution >= 4 is 22.6 Å². The Kier molecular flexibility index (Phi) is 4.35. The summed E-state index contributed by atoms with van der Waals surface area (Å²) < 4.78 is 20.9. The molecule has 3 N–H and O–H groups in total. The molecule has 0 amide bonds. The molecule has 9 heteroatoms. The van der Waals surface area contributed by atoms with Gasteiger partial charge in [0.25, 0.3) is 0 Å². The lowest BCUT2D eigenvalue weighted by molar-refractivity contribution is 0.0195. The van der Waals surface area contributed by atoms with Gasteiger partial charge < -0.3 is 20.1 Å². The number of aromatic nitrogens is 5. The van der Waals surface area contributed by atoms with Crippen molar-refractivity contribution in [1.29, 1.82) is 0 Å². The summed E-state index contributed by atoms with van der Waals surface area (Å²) in [7, 11) is 1.57. The molecule has 30 heavy (non-hydrogen) atoms. The molecule has 0 unspecified atom stereocenters. The van der Waals surface area contributed by atoms with Crippen LogP contribution < -0.4 is 10.1 Å². The maximum Gasteiger partial charge on any atom is 0.228 e. The number of imidazole rings is 1. The van der Waals surface area contributed by atoms with Gasteiger partial charge in [-0.05, 0) is 44.7 Å². The molecule has 4 aromatic heterocycles. The highest BCUT2D eigenvalue weighted by atomic mass is 19.1. The predicted molar refractivity (Wildman–Crippen MR) is 111 cm³/mol. The van der Waals surface area contributed by atoms with Crippen molar-refractivity contribution in [2.45, 2.75) is 44.2 Å². The number of H-pyrrole nitrogens is 1. The number of hydrogen-bond acceptors (Lipinski definition) is 6. The van der Waals surface area contributed by atoms with E-state index in [2.05, 4.69) is 25.3 Å². The summed E-state index contributed by atoms with van der Waals surface area (Å²) in [6.07, 6.45) is 7.89. The van der Waals surface area contributed by atoms with Gasteiger partial charge in [0.2, 0.25) is 17.8 Å². The van der Waals surface area contributed by atoms with Gasteiger partial charge in [0, 0.05) is 29.6 Å². The lowest BCUT2D eigenvalue weighted by atomic mass is 9.84. The second-order valence-corrected chi connectivity index (χ2v) is 8.12. The van der Waals surface area contributed by atoms with Crippen LogP contribution in [0.3, 0.4) is 0 Å². The summed E-state index contributed by atoms with van der Waals surface area (Å²) in [5, 5.41) is 14.2. The number of nitrogens with one attached hydrogen (secondary N) is 2. The minimum atomic E-state index is -0.592. The summed E-state index contributed by atoms with van der Waals surface area (Å²) >= 11 is 0. The van der Waals surface area contributed by atoms with Crippen molar-refractivity contribution in [3.63, 3.8) is 0 Å². The monoisotopic (exact) mass is 410 g/mol. The summed E-state index contributed by atoms with van der Waals surface area (Å²) in [6, 6.07) is 3.84. The van der Waals surface area contributed by atoms with Crippen LogP contribution >= 0.6 is 0 Å². The highest BCUT2D eigenvalue weighted by Crippen LogP contribution is 2.35. The normalized spacial score (nSPS) is 21.9. The number of aromatic amines is 1. The van der Waals surface area contributed by atoms with Crippen LogP contribution in [0, 0.1) is 5.95 Å². The maximum atomic E-state index is 14.0. The van der Waals surface area contributed by atoms with E-state index in [1.54, 1.807) is 19.4 Å². The van der Waals surface area contributed by atoms with E-state index >= 15 is 0 Å². The lowest BCUT2D eigenvalue weighted by Gasteiger charge is -2.33. The van der Waals surface area contributed by atoms with Gasteiger partial charge in [0.05, 0.1) is 24.3 Å². The third kappa shape index (κ3) is 3.24. The standard InChI is InChI=1S/C21H23FN6O2/c1-21(29)7-5-13(6-8-21)25-20-26-18-17(19(27-20)30-2)14(9-24-18)12-3-4-16-23-10-15(22)28(16)11-12/h3-4,9-11,13,29H,5-8H2,1-2H3,(H2,24,25,26,27)/t13-,21-. The topological polar surface area (TPSA) is 100 Å². The molecule has 4 aromatic rings. The average Bonchev–Trinajstić information content (AvgIpc) is 3.32. The fourth-order valence-electron chi connectivity index (χ4n) is 4.12. The summed E-state index contributed by atoms with van der Waals surface area (Å²) in [4.78, 5) is 16.4. The zero-order chi connectivity index (χ0) is 20.9. The molecule has 1 aliphatic carbocycles. The van der Waals surface area contributed by atoms with E-state index in [1.165, 1.54) is 10.6 Å². The number of methoxy groups -OCH3 is 1. The number of hydrogen-bond donors (Lipinski definition) is 3. The van der Waals surface area contributed by atoms with Crippen LogP contribution in [-0.4, -0.2) is 48.2 Å². The van der Waals surface area contributed by atoms with Crippen molar-refractivity contribution in [3.05, 3.63) is 36.7 Å². The fourth-order valence-corrected chi connectivity index (χ4v) is 4.12. The van der Waals surface area contributed by atoms with Crippen molar-refractivity contribution in [3.8, 4) is 17.0 Å². The largest absolute Gasteiger partial charge is 0.480 e. The second kappa shape index (κ2) is 6.94. The van der Waals surface area contributed by atoms with E-state index in [0.717, 1.165) is 42.2 Å². The summed E-state index contributed by atoms with van der Waals surface area (Å²) in [6.45, 7) is 1.88. The molecule has 0 aromatic carbocycles. The number of anilines is 1. The molecule has 0 radical (unpaired) electrons. The smallest absolute Gasteiger partial charge is 0.228 e. The number of aliphatic hydroxyl groups is 1. The van der Waals surface area contributed by atoms with Gasteiger partial charge >= 0.3 is 0 Å². The van der Waals surface area contributed by atoms with Gasteiger partial charge in [-0.15, -0.1) is 0 Å². The van der Waals surface area contributed by atoms with E-state index in [4.69, 9.17) is 4.74 Å². The van der Waals surface area contributed by atoms with Gasteiger partial charge in [-0.1, -0.05) is 0 Å². The Hall–Kier alpha value is -3.20. The first kappa shape index (κ1) is 18.8. The Morgan fingerprint density at radius 3 is 2.87 bits per heavy atom. The van der Waals surface area contributed by atoms with E-state index in [9.17, 15) is 9.50 Å². The Morgan fingerprint density at radius 2 is 2.10 bits per heavy atom. The molecule has 1 fully saturated rings. The molecular weight excluding hydrogens is 387 g/mol. The Morgan fingerprint density at radius 1 is 1.30 bits per heavy atom. The molecule has 1 aliphatic rings. The SMILES string of the molecule is COc1nc(N[C@H]2CC[C@](C)(O)CC2)nc2[nH]cc(-c3ccc4ncc(F)n4c3)c12. The molecule has 0 aliphatic heterocycles. The number of pyridine rings is 1. The zero-order valence-corrected chi connectivity index (χ0v) is 16.8. The molecule has 0 saturated heterocycles. The van der Waals surface area contributed by atoms with E-state index < -0.39 is 11.5 Å². The second-order valence-electron chi connectivity index (χ2n) is 8.12. The molecular formula is C21H23FN6O2. The van der Waals surface area contributed by atoms with Crippen molar-refractivity contribution in [1.82, 2.24) is 24.3 Å². The van der Waals surface area contributed by atoms with Crippen LogP contribution in [0.2, 0.25) is 0 Å². The zero-order valence-electron chi connectivity index (χ0n) is 16.8. The number of ether oxygens (including phenoxy) is 1. The van der Waals surface area contributed by atoms with Crippen molar-refractivity contribution < 1.29 is 14.2 Å². The summed E-state index contributed by atoms with van der Waals surface area (Å²) in [5.41, 5.74) is 2.19. The van der Waals surface area contributed by atoms with Gasteiger partial charge in [0.15, 0.2) is 0 Å². The minimum Gasteiger partial charge on any atom is -0.480 e. The van der Waals surface area contributed by atoms with Crippen LogP contribution in [0.4, 0.5) is 10.3 Å². The van der Waals surface area contributed by atoms with Gasteiger partial charge in [-0.2, -0.15) is 14.4 Å². The molecule has 0 spiro atoms. The van der Waals surface area contributed by atoms with Gasteiger partial charge in [-0.3, -0.25) is 4.40 Å². The number of rotatable bonds is 4. The van der Waals surface area contributed by atoms with E-state index in [0.29, 0.717) is 23.1 Å². The molecule has 5 rings (SSSR count).